The standard InChI is InChI=1S/C29H36N4O5/c1-20-19-24(32-38-20)30-25(34)15-16-26(35)33(18-17-21-9-7-6-8-10-21)27(28(36)31-29(2,3)4)22-11-13-23(37-5)14-12-22/h6-14,19,27H,15-18H2,1-5H3,(H,31,36)(H,30,32,34)/t27-/m0/s1. The van der Waals surface area contributed by atoms with Gasteiger partial charge in [-0.3, -0.25) is 14.4 Å². The fraction of sp³-hybridized carbons (Fsp3) is 0.379. The van der Waals surface area contributed by atoms with Gasteiger partial charge in [-0.2, -0.15) is 0 Å². The lowest BCUT2D eigenvalue weighted by Crippen LogP contribution is -2.49. The molecule has 0 aliphatic carbocycles. The lowest BCUT2D eigenvalue weighted by Gasteiger charge is -2.34. The maximum atomic E-state index is 13.6. The second-order valence-electron chi connectivity index (χ2n) is 10.1. The summed E-state index contributed by atoms with van der Waals surface area (Å²) in [5.74, 6) is 0.529. The molecule has 0 saturated heterocycles. The molecule has 3 aromatic rings. The Morgan fingerprint density at radius 2 is 1.71 bits per heavy atom. The van der Waals surface area contributed by atoms with E-state index in [1.807, 2.05) is 51.1 Å². The van der Waals surface area contributed by atoms with E-state index in [2.05, 4.69) is 15.8 Å². The third kappa shape index (κ3) is 8.47. The summed E-state index contributed by atoms with van der Waals surface area (Å²) >= 11 is 0. The van der Waals surface area contributed by atoms with Crippen LogP contribution in [0.1, 0.15) is 56.5 Å². The van der Waals surface area contributed by atoms with Gasteiger partial charge in [0, 0.05) is 31.0 Å². The number of amides is 3. The minimum Gasteiger partial charge on any atom is -0.497 e. The molecule has 2 aromatic carbocycles. The second-order valence-corrected chi connectivity index (χ2v) is 10.1. The summed E-state index contributed by atoms with van der Waals surface area (Å²) in [6.07, 6.45) is 0.405. The van der Waals surface area contributed by atoms with Crippen LogP contribution in [0, 0.1) is 6.92 Å². The largest absolute Gasteiger partial charge is 0.497 e. The highest BCUT2D eigenvalue weighted by atomic mass is 16.5. The first kappa shape index (κ1) is 28.4. The van der Waals surface area contributed by atoms with E-state index >= 15 is 0 Å². The Labute approximate surface area is 223 Å². The molecule has 0 unspecified atom stereocenters. The average molecular weight is 521 g/mol. The maximum Gasteiger partial charge on any atom is 0.247 e. The number of carbonyl (C=O) groups is 3. The van der Waals surface area contributed by atoms with Gasteiger partial charge in [-0.25, -0.2) is 0 Å². The van der Waals surface area contributed by atoms with Crippen molar-refractivity contribution in [3.05, 3.63) is 77.6 Å². The lowest BCUT2D eigenvalue weighted by molar-refractivity contribution is -0.142. The van der Waals surface area contributed by atoms with E-state index < -0.39 is 11.6 Å². The molecule has 1 heterocycles. The van der Waals surface area contributed by atoms with Crippen molar-refractivity contribution in [3.63, 3.8) is 0 Å². The van der Waals surface area contributed by atoms with Crippen molar-refractivity contribution in [2.45, 2.75) is 58.5 Å². The number of carbonyl (C=O) groups excluding carboxylic acids is 3. The van der Waals surface area contributed by atoms with E-state index in [-0.39, 0.29) is 30.6 Å². The molecular weight excluding hydrogens is 484 g/mol. The highest BCUT2D eigenvalue weighted by molar-refractivity contribution is 5.94. The smallest absolute Gasteiger partial charge is 0.247 e. The van der Waals surface area contributed by atoms with Gasteiger partial charge >= 0.3 is 0 Å². The van der Waals surface area contributed by atoms with E-state index in [9.17, 15) is 14.4 Å². The van der Waals surface area contributed by atoms with Crippen LogP contribution in [0.15, 0.2) is 65.2 Å². The van der Waals surface area contributed by atoms with Gasteiger partial charge in [-0.1, -0.05) is 47.6 Å². The number of aromatic nitrogens is 1. The van der Waals surface area contributed by atoms with Gasteiger partial charge in [0.25, 0.3) is 0 Å². The molecule has 9 nitrogen and oxygen atoms in total. The Morgan fingerprint density at radius 1 is 1.03 bits per heavy atom. The molecule has 0 bridgehead atoms. The van der Waals surface area contributed by atoms with Crippen LogP contribution in [0.5, 0.6) is 5.75 Å². The van der Waals surface area contributed by atoms with Crippen molar-refractivity contribution in [2.75, 3.05) is 19.0 Å². The first-order chi connectivity index (χ1) is 18.1. The van der Waals surface area contributed by atoms with Crippen molar-refractivity contribution in [1.29, 1.82) is 0 Å². The van der Waals surface area contributed by atoms with E-state index in [0.717, 1.165) is 5.56 Å². The number of rotatable bonds is 11. The third-order valence-corrected chi connectivity index (χ3v) is 5.76. The summed E-state index contributed by atoms with van der Waals surface area (Å²) in [7, 11) is 1.57. The summed E-state index contributed by atoms with van der Waals surface area (Å²) in [4.78, 5) is 41.3. The topological polar surface area (TPSA) is 114 Å². The van der Waals surface area contributed by atoms with Crippen LogP contribution in [0.25, 0.3) is 0 Å². The molecular formula is C29H36N4O5. The van der Waals surface area contributed by atoms with Crippen molar-refractivity contribution in [1.82, 2.24) is 15.4 Å². The Morgan fingerprint density at radius 3 is 2.29 bits per heavy atom. The quantitative estimate of drug-likeness (QED) is 0.387. The SMILES string of the molecule is COc1ccc([C@@H](C(=O)NC(C)(C)C)N(CCc2ccccc2)C(=O)CCC(=O)Nc2cc(C)on2)cc1. The number of ether oxygens (including phenoxy) is 1. The number of hydrogen-bond acceptors (Lipinski definition) is 6. The van der Waals surface area contributed by atoms with Crippen molar-refractivity contribution in [3.8, 4) is 5.75 Å². The number of methoxy groups -OCH3 is 1. The molecule has 3 amide bonds. The predicted molar refractivity (Wildman–Crippen MR) is 145 cm³/mol. The highest BCUT2D eigenvalue weighted by Gasteiger charge is 2.33. The van der Waals surface area contributed by atoms with Gasteiger partial charge in [0.05, 0.1) is 7.11 Å². The molecule has 1 aromatic heterocycles. The molecule has 0 saturated carbocycles. The zero-order chi connectivity index (χ0) is 27.7. The Bertz CT molecular complexity index is 1220. The molecule has 1 atom stereocenters. The first-order valence-electron chi connectivity index (χ1n) is 12.6. The van der Waals surface area contributed by atoms with Gasteiger partial charge < -0.3 is 24.8 Å². The summed E-state index contributed by atoms with van der Waals surface area (Å²) in [6.45, 7) is 7.69. The minimum atomic E-state index is -0.891. The second kappa shape index (κ2) is 12.9. The summed E-state index contributed by atoms with van der Waals surface area (Å²) in [5, 5.41) is 9.41. The Kier molecular flexibility index (Phi) is 9.65. The highest BCUT2D eigenvalue weighted by Crippen LogP contribution is 2.26. The van der Waals surface area contributed by atoms with Crippen LogP contribution in [0.4, 0.5) is 5.82 Å². The van der Waals surface area contributed by atoms with Crippen molar-refractivity contribution >= 4 is 23.5 Å². The normalized spacial score (nSPS) is 11.9. The average Bonchev–Trinajstić information content (AvgIpc) is 3.28. The van der Waals surface area contributed by atoms with Crippen LogP contribution in [0.2, 0.25) is 0 Å². The van der Waals surface area contributed by atoms with Gasteiger partial charge in [0.2, 0.25) is 17.7 Å². The van der Waals surface area contributed by atoms with Crippen LogP contribution in [-0.2, 0) is 20.8 Å². The van der Waals surface area contributed by atoms with Gasteiger partial charge in [0.15, 0.2) is 5.82 Å². The van der Waals surface area contributed by atoms with Crippen LogP contribution in [0.3, 0.4) is 0 Å². The zero-order valence-electron chi connectivity index (χ0n) is 22.6. The minimum absolute atomic E-state index is 0.0667. The van der Waals surface area contributed by atoms with E-state index in [1.165, 1.54) is 0 Å². The maximum absolute atomic E-state index is 13.6. The summed E-state index contributed by atoms with van der Waals surface area (Å²) < 4.78 is 10.3. The first-order valence-corrected chi connectivity index (χ1v) is 12.6. The molecule has 0 spiro atoms. The van der Waals surface area contributed by atoms with E-state index in [0.29, 0.717) is 35.9 Å². The van der Waals surface area contributed by atoms with E-state index in [4.69, 9.17) is 9.26 Å². The monoisotopic (exact) mass is 520 g/mol. The number of benzene rings is 2. The van der Waals surface area contributed by atoms with Crippen LogP contribution in [-0.4, -0.2) is 47.0 Å². The predicted octanol–water partition coefficient (Wildman–Crippen LogP) is 4.44. The molecule has 0 radical (unpaired) electrons. The molecule has 38 heavy (non-hydrogen) atoms. The molecule has 0 aliphatic rings. The van der Waals surface area contributed by atoms with Crippen molar-refractivity contribution in [2.24, 2.45) is 0 Å². The fourth-order valence-corrected chi connectivity index (χ4v) is 3.98. The molecule has 0 fully saturated rings. The van der Waals surface area contributed by atoms with Gasteiger partial charge in [-0.15, -0.1) is 0 Å². The number of anilines is 1. The molecule has 202 valence electrons. The molecule has 0 aliphatic heterocycles. The van der Waals surface area contributed by atoms with Crippen molar-refractivity contribution < 1.29 is 23.6 Å². The third-order valence-electron chi connectivity index (χ3n) is 5.76. The van der Waals surface area contributed by atoms with Crippen LogP contribution >= 0.6 is 0 Å². The summed E-state index contributed by atoms with van der Waals surface area (Å²) in [5.41, 5.74) is 1.18. The molecule has 2 N–H and O–H groups in total. The number of nitrogens with one attached hydrogen (secondary N) is 2. The number of nitrogens with zero attached hydrogens (tertiary/aromatic N) is 2. The van der Waals surface area contributed by atoms with Gasteiger partial charge in [0.1, 0.15) is 17.6 Å². The van der Waals surface area contributed by atoms with Crippen LogP contribution < -0.4 is 15.4 Å². The number of aryl methyl sites for hydroxylation is 1. The Balaban J connectivity index is 1.87. The summed E-state index contributed by atoms with van der Waals surface area (Å²) in [6, 6.07) is 17.6. The zero-order valence-corrected chi connectivity index (χ0v) is 22.6. The fourth-order valence-electron chi connectivity index (χ4n) is 3.98. The molecule has 3 rings (SSSR count). The molecule has 9 heteroatoms. The van der Waals surface area contributed by atoms with Gasteiger partial charge in [-0.05, 0) is 57.4 Å². The number of hydrogen-bond donors (Lipinski definition) is 2. The van der Waals surface area contributed by atoms with E-state index in [1.54, 1.807) is 49.3 Å². The lowest BCUT2D eigenvalue weighted by atomic mass is 10.00. The Hall–Kier alpha value is -4.14.